The number of benzene rings is 3. The van der Waals surface area contributed by atoms with E-state index in [0.29, 0.717) is 73.4 Å². The quantitative estimate of drug-likeness (QED) is 0.102. The van der Waals surface area contributed by atoms with Gasteiger partial charge in [0.05, 0.1) is 27.6 Å². The van der Waals surface area contributed by atoms with E-state index in [1.165, 1.54) is 29.0 Å². The Bertz CT molecular complexity index is 3200. The van der Waals surface area contributed by atoms with Gasteiger partial charge in [-0.25, -0.2) is 30.9 Å². The number of hydrogen-bond acceptors (Lipinski definition) is 12. The molecular weight excluding hydrogens is 1010 g/mol. The number of hydrogen-bond donors (Lipinski definition) is 2. The standard InChI is InChI=1S/C51H61ClF3N7O7S3/c1-34(32-60-20-16-40(17-21-60)58-70(4,5)64)26-36-8-12-43(29-47(36)71(65,66)51(53,54)55)72(67,68)59-49(63)44-13-11-41(28-46(44)69-42-27-37-15-19-56-48(37)57-31-42)62-24-22-61(23-25-62)33-38-14-18-50(2,3)30-45(38)35-6-9-39(52)10-7-35/h6-13,15,19,27-29,31,34,40H,14,16-18,20-26,30,32-33H2,1-5H3,(H,56,57)(H,59,63)/t34-/m1/s1. The molecule has 0 saturated carbocycles. The number of aromatic nitrogens is 2. The number of fused-ring (bicyclic) bond motifs is 1. The molecule has 0 radical (unpaired) electrons. The predicted molar refractivity (Wildman–Crippen MR) is 276 cm³/mol. The van der Waals surface area contributed by atoms with Crippen LogP contribution in [0.3, 0.4) is 0 Å². The maximum Gasteiger partial charge on any atom is 0.501 e. The molecule has 0 unspecified atom stereocenters. The molecule has 388 valence electrons. The third kappa shape index (κ3) is 12.8. The Morgan fingerprint density at radius 2 is 1.64 bits per heavy atom. The van der Waals surface area contributed by atoms with Gasteiger partial charge in [0.1, 0.15) is 17.1 Å². The molecule has 14 nitrogen and oxygen atoms in total. The number of amides is 1. The van der Waals surface area contributed by atoms with Crippen LogP contribution in [0.15, 0.2) is 105 Å². The molecule has 2 N–H and O–H groups in total. The maximum atomic E-state index is 14.2. The average molecular weight is 1070 g/mol. The minimum atomic E-state index is -6.05. The van der Waals surface area contributed by atoms with Crippen molar-refractivity contribution >= 4 is 69.4 Å². The van der Waals surface area contributed by atoms with E-state index >= 15 is 0 Å². The van der Waals surface area contributed by atoms with Crippen LogP contribution in [0.1, 0.15) is 74.4 Å². The average Bonchev–Trinajstić information content (AvgIpc) is 3.78. The van der Waals surface area contributed by atoms with Crippen LogP contribution in [0.25, 0.3) is 16.6 Å². The number of allylic oxidation sites excluding steroid dienone is 1. The fourth-order valence-corrected chi connectivity index (χ4v) is 13.1. The number of aromatic amines is 1. The van der Waals surface area contributed by atoms with Crippen molar-refractivity contribution in [2.24, 2.45) is 15.7 Å². The number of rotatable bonds is 15. The molecule has 3 aromatic carbocycles. The monoisotopic (exact) mass is 1070 g/mol. The fraction of sp³-hybridized carbons (Fsp3) is 0.451. The van der Waals surface area contributed by atoms with E-state index in [4.69, 9.17) is 16.3 Å². The molecule has 4 heterocycles. The molecule has 2 aliphatic heterocycles. The number of carbonyl (C=O) groups excluding carboxylic acids is 1. The number of halogens is 4. The Morgan fingerprint density at radius 3 is 2.32 bits per heavy atom. The zero-order valence-electron chi connectivity index (χ0n) is 41.0. The highest BCUT2D eigenvalue weighted by Crippen LogP contribution is 2.44. The Labute approximate surface area is 425 Å². The zero-order valence-corrected chi connectivity index (χ0v) is 44.2. The van der Waals surface area contributed by atoms with Gasteiger partial charge >= 0.3 is 5.51 Å². The molecule has 2 saturated heterocycles. The second-order valence-corrected chi connectivity index (χ2v) is 26.9. The van der Waals surface area contributed by atoms with Gasteiger partial charge < -0.3 is 19.5 Å². The number of alkyl halides is 3. The van der Waals surface area contributed by atoms with E-state index < -0.39 is 50.8 Å². The van der Waals surface area contributed by atoms with Gasteiger partial charge in [-0.1, -0.05) is 56.1 Å². The number of ether oxygens (including phenoxy) is 1. The highest BCUT2D eigenvalue weighted by Gasteiger charge is 2.48. The third-order valence-corrected chi connectivity index (χ3v) is 17.6. The summed E-state index contributed by atoms with van der Waals surface area (Å²) < 4.78 is 122. The summed E-state index contributed by atoms with van der Waals surface area (Å²) in [6, 6.07) is 18.7. The molecule has 0 spiro atoms. The second-order valence-electron chi connectivity index (χ2n) is 20.3. The Kier molecular flexibility index (Phi) is 15.6. The number of pyridine rings is 1. The van der Waals surface area contributed by atoms with Gasteiger partial charge in [-0.15, -0.1) is 0 Å². The minimum absolute atomic E-state index is 0.0134. The number of H-pyrrole nitrogens is 1. The number of sulfone groups is 1. The first-order chi connectivity index (χ1) is 33.8. The van der Waals surface area contributed by atoms with Crippen LogP contribution >= 0.6 is 11.6 Å². The van der Waals surface area contributed by atoms with Gasteiger partial charge in [-0.3, -0.25) is 13.9 Å². The Morgan fingerprint density at radius 1 is 0.931 bits per heavy atom. The number of likely N-dealkylation sites (tertiary alicyclic amines) is 1. The summed E-state index contributed by atoms with van der Waals surface area (Å²) in [5.41, 5.74) is -0.727. The first-order valence-corrected chi connectivity index (χ1v) is 29.6. The summed E-state index contributed by atoms with van der Waals surface area (Å²) in [5.74, 6) is -1.27. The summed E-state index contributed by atoms with van der Waals surface area (Å²) in [4.78, 5) is 26.1. The number of piperidine rings is 1. The molecule has 2 aromatic heterocycles. The van der Waals surface area contributed by atoms with Gasteiger partial charge in [0.25, 0.3) is 25.8 Å². The first-order valence-electron chi connectivity index (χ1n) is 23.9. The number of nitrogens with zero attached hydrogens (tertiary/aromatic N) is 5. The zero-order chi connectivity index (χ0) is 51.8. The van der Waals surface area contributed by atoms with Crippen molar-refractivity contribution < 1.29 is 43.7 Å². The summed E-state index contributed by atoms with van der Waals surface area (Å²) in [7, 11) is -13.3. The van der Waals surface area contributed by atoms with Crippen molar-refractivity contribution in [1.29, 1.82) is 0 Å². The summed E-state index contributed by atoms with van der Waals surface area (Å²) in [6.45, 7) is 11.6. The maximum absolute atomic E-state index is 14.2. The molecule has 3 aliphatic rings. The van der Waals surface area contributed by atoms with Crippen molar-refractivity contribution in [2.75, 3.05) is 69.8 Å². The van der Waals surface area contributed by atoms with E-state index in [2.05, 4.69) is 55.0 Å². The molecule has 1 aliphatic carbocycles. The Balaban J connectivity index is 1.01. The van der Waals surface area contributed by atoms with Crippen molar-refractivity contribution in [3.05, 3.63) is 112 Å². The van der Waals surface area contributed by atoms with E-state index in [1.54, 1.807) is 49.9 Å². The van der Waals surface area contributed by atoms with E-state index in [9.17, 15) is 39.0 Å². The van der Waals surface area contributed by atoms with Gasteiger partial charge in [-0.2, -0.15) is 13.2 Å². The predicted octanol–water partition coefficient (Wildman–Crippen LogP) is 9.58. The number of sulfonamides is 1. The topological polar surface area (TPSA) is 174 Å². The lowest BCUT2D eigenvalue weighted by Crippen LogP contribution is -2.47. The van der Waals surface area contributed by atoms with Crippen LogP contribution in [0.5, 0.6) is 11.5 Å². The van der Waals surface area contributed by atoms with Crippen LogP contribution in [0.2, 0.25) is 5.02 Å². The molecule has 5 aromatic rings. The lowest BCUT2D eigenvalue weighted by atomic mass is 9.72. The molecular formula is C51H61ClF3N7O7S3. The fourth-order valence-electron chi connectivity index (χ4n) is 9.91. The first kappa shape index (κ1) is 53.3. The summed E-state index contributed by atoms with van der Waals surface area (Å²) in [5, 5.41) is 1.41. The highest BCUT2D eigenvalue weighted by molar-refractivity contribution is 7.92. The Hall–Kier alpha value is -4.99. The van der Waals surface area contributed by atoms with Crippen LogP contribution in [0, 0.1) is 11.3 Å². The van der Waals surface area contributed by atoms with Crippen molar-refractivity contribution in [3.63, 3.8) is 0 Å². The number of nitrogens with one attached hydrogen (secondary N) is 2. The summed E-state index contributed by atoms with van der Waals surface area (Å²) >= 11 is 6.24. The lowest BCUT2D eigenvalue weighted by molar-refractivity contribution is -0.0436. The normalized spacial score (nSPS) is 18.3. The third-order valence-electron chi connectivity index (χ3n) is 13.6. The van der Waals surface area contributed by atoms with Crippen LogP contribution in [-0.4, -0.2) is 123 Å². The van der Waals surface area contributed by atoms with E-state index in [0.717, 1.165) is 51.0 Å². The molecule has 1 amide bonds. The smallest absolute Gasteiger partial charge is 0.455 e. The van der Waals surface area contributed by atoms with Crippen molar-refractivity contribution in [3.8, 4) is 11.5 Å². The second kappa shape index (κ2) is 21.1. The van der Waals surface area contributed by atoms with E-state index in [-0.39, 0.29) is 46.4 Å². The molecule has 1 atom stereocenters. The number of piperazine rings is 1. The molecule has 0 bridgehead atoms. The van der Waals surface area contributed by atoms with Crippen molar-refractivity contribution in [1.82, 2.24) is 24.5 Å². The van der Waals surface area contributed by atoms with Gasteiger partial charge in [-0.05, 0) is 115 Å². The molecule has 72 heavy (non-hydrogen) atoms. The highest BCUT2D eigenvalue weighted by atomic mass is 35.5. The number of anilines is 1. The van der Waals surface area contributed by atoms with E-state index in [1.807, 2.05) is 16.9 Å². The molecule has 21 heteroatoms. The summed E-state index contributed by atoms with van der Waals surface area (Å²) in [6.07, 6.45) is 10.5. The van der Waals surface area contributed by atoms with Crippen LogP contribution in [0.4, 0.5) is 18.9 Å². The molecule has 2 fully saturated rings. The van der Waals surface area contributed by atoms with Gasteiger partial charge in [0.15, 0.2) is 0 Å². The minimum Gasteiger partial charge on any atom is -0.455 e. The largest absolute Gasteiger partial charge is 0.501 e. The number of carbonyl (C=O) groups is 1. The van der Waals surface area contributed by atoms with Gasteiger partial charge in [0, 0.05) is 103 Å². The van der Waals surface area contributed by atoms with Crippen molar-refractivity contribution in [2.45, 2.75) is 80.6 Å². The van der Waals surface area contributed by atoms with Gasteiger partial charge in [0.2, 0.25) is 0 Å². The molecule has 8 rings (SSSR count). The van der Waals surface area contributed by atoms with Crippen LogP contribution < -0.4 is 14.4 Å². The SMILES string of the molecule is C[C@H](Cc1ccc(S(=O)(=O)NC(=O)c2ccc(N3CCN(CC4=C(c5ccc(Cl)cc5)CC(C)(C)CC4)CC3)cc2Oc2cnc3[nH]ccc3c2)cc1S(=O)(=O)C(F)(F)F)CN1CCC(N=S(C)(C)=O)CC1. The van der Waals surface area contributed by atoms with Crippen LogP contribution in [-0.2, 0) is 36.0 Å². The lowest BCUT2D eigenvalue weighted by Gasteiger charge is -2.39.